The molecule has 3 rings (SSSR count). The van der Waals surface area contributed by atoms with Crippen molar-refractivity contribution in [3.05, 3.63) is 34.9 Å². The standard InChI is InChI=1S/C17H18O3/c1-9-10(2)16(19-5)15-14-12(18-4)7-6-8-13(14)20-17(15)11(9)3/h6-8H,1-5H3. The van der Waals surface area contributed by atoms with Crippen LogP contribution in [0.25, 0.3) is 21.9 Å². The van der Waals surface area contributed by atoms with Gasteiger partial charge >= 0.3 is 0 Å². The third kappa shape index (κ3) is 1.52. The molecule has 0 aliphatic carbocycles. The Hall–Kier alpha value is -2.16. The van der Waals surface area contributed by atoms with Crippen LogP contribution >= 0.6 is 0 Å². The van der Waals surface area contributed by atoms with Crippen molar-refractivity contribution in [1.29, 1.82) is 0 Å². The summed E-state index contributed by atoms with van der Waals surface area (Å²) < 4.78 is 17.2. The summed E-state index contributed by atoms with van der Waals surface area (Å²) in [7, 11) is 3.37. The van der Waals surface area contributed by atoms with Crippen molar-refractivity contribution in [3.63, 3.8) is 0 Å². The highest BCUT2D eigenvalue weighted by Gasteiger charge is 2.21. The number of fused-ring (bicyclic) bond motifs is 3. The highest BCUT2D eigenvalue weighted by Crippen LogP contribution is 2.44. The van der Waals surface area contributed by atoms with E-state index in [1.54, 1.807) is 14.2 Å². The van der Waals surface area contributed by atoms with Crippen molar-refractivity contribution in [3.8, 4) is 11.5 Å². The van der Waals surface area contributed by atoms with E-state index in [1.807, 2.05) is 18.2 Å². The third-order valence-corrected chi connectivity index (χ3v) is 4.13. The SMILES string of the molecule is COc1cccc2oc3c(C)c(C)c(C)c(OC)c3c12. The predicted molar refractivity (Wildman–Crippen MR) is 81.0 cm³/mol. The van der Waals surface area contributed by atoms with Gasteiger partial charge in [0.25, 0.3) is 0 Å². The molecule has 2 aromatic carbocycles. The van der Waals surface area contributed by atoms with Gasteiger partial charge in [-0.15, -0.1) is 0 Å². The number of ether oxygens (including phenoxy) is 2. The van der Waals surface area contributed by atoms with Gasteiger partial charge < -0.3 is 13.9 Å². The molecule has 0 fully saturated rings. The molecule has 0 unspecified atom stereocenters. The van der Waals surface area contributed by atoms with Crippen LogP contribution in [0.1, 0.15) is 16.7 Å². The summed E-state index contributed by atoms with van der Waals surface area (Å²) in [5, 5.41) is 1.98. The lowest BCUT2D eigenvalue weighted by Crippen LogP contribution is -1.94. The lowest BCUT2D eigenvalue weighted by molar-refractivity contribution is 0.414. The molecule has 0 amide bonds. The Morgan fingerprint density at radius 3 is 2.25 bits per heavy atom. The smallest absolute Gasteiger partial charge is 0.142 e. The van der Waals surface area contributed by atoms with Crippen LogP contribution in [0.5, 0.6) is 11.5 Å². The van der Waals surface area contributed by atoms with E-state index in [9.17, 15) is 0 Å². The number of benzene rings is 2. The Balaban J connectivity index is 2.64. The van der Waals surface area contributed by atoms with Crippen molar-refractivity contribution in [2.24, 2.45) is 0 Å². The Bertz CT molecular complexity index is 812. The van der Waals surface area contributed by atoms with Crippen LogP contribution in [0.15, 0.2) is 22.6 Å². The van der Waals surface area contributed by atoms with E-state index in [1.165, 1.54) is 5.56 Å². The first-order valence-electron chi connectivity index (χ1n) is 6.63. The number of hydrogen-bond donors (Lipinski definition) is 0. The summed E-state index contributed by atoms with van der Waals surface area (Å²) in [6, 6.07) is 5.84. The average molecular weight is 270 g/mol. The van der Waals surface area contributed by atoms with Crippen LogP contribution in [0.3, 0.4) is 0 Å². The first kappa shape index (κ1) is 12.9. The lowest BCUT2D eigenvalue weighted by atomic mass is 9.98. The monoisotopic (exact) mass is 270 g/mol. The number of furan rings is 1. The Kier molecular flexibility index (Phi) is 2.85. The zero-order chi connectivity index (χ0) is 14.4. The van der Waals surface area contributed by atoms with Crippen LogP contribution < -0.4 is 9.47 Å². The number of aryl methyl sites for hydroxylation is 1. The highest BCUT2D eigenvalue weighted by atomic mass is 16.5. The summed E-state index contributed by atoms with van der Waals surface area (Å²) in [4.78, 5) is 0. The first-order chi connectivity index (χ1) is 9.60. The zero-order valence-electron chi connectivity index (χ0n) is 12.5. The highest BCUT2D eigenvalue weighted by molar-refractivity contribution is 6.13. The van der Waals surface area contributed by atoms with Crippen LogP contribution in [-0.2, 0) is 0 Å². The molecular weight excluding hydrogens is 252 g/mol. The number of hydrogen-bond acceptors (Lipinski definition) is 3. The molecule has 20 heavy (non-hydrogen) atoms. The van der Waals surface area contributed by atoms with Crippen LogP contribution in [0, 0.1) is 20.8 Å². The zero-order valence-corrected chi connectivity index (χ0v) is 12.5. The van der Waals surface area contributed by atoms with Gasteiger partial charge in [0.05, 0.1) is 25.0 Å². The molecule has 0 atom stereocenters. The maximum absolute atomic E-state index is 6.04. The second-order valence-electron chi connectivity index (χ2n) is 5.05. The van der Waals surface area contributed by atoms with Crippen molar-refractivity contribution in [1.82, 2.24) is 0 Å². The van der Waals surface area contributed by atoms with Gasteiger partial charge in [0.1, 0.15) is 22.7 Å². The Morgan fingerprint density at radius 2 is 1.60 bits per heavy atom. The van der Waals surface area contributed by atoms with Gasteiger partial charge in [0.2, 0.25) is 0 Å². The summed E-state index contributed by atoms with van der Waals surface area (Å²) in [6.45, 7) is 6.25. The summed E-state index contributed by atoms with van der Waals surface area (Å²) in [6.07, 6.45) is 0. The molecular formula is C17H18O3. The summed E-state index contributed by atoms with van der Waals surface area (Å²) in [5.74, 6) is 1.67. The van der Waals surface area contributed by atoms with E-state index in [2.05, 4.69) is 20.8 Å². The molecule has 3 nitrogen and oxygen atoms in total. The van der Waals surface area contributed by atoms with Gasteiger partial charge in [-0.2, -0.15) is 0 Å². The topological polar surface area (TPSA) is 31.6 Å². The van der Waals surface area contributed by atoms with Gasteiger partial charge in [-0.05, 0) is 49.6 Å². The maximum atomic E-state index is 6.04. The fourth-order valence-electron chi connectivity index (χ4n) is 2.83. The van der Waals surface area contributed by atoms with E-state index in [4.69, 9.17) is 13.9 Å². The fourth-order valence-corrected chi connectivity index (χ4v) is 2.83. The molecule has 0 saturated carbocycles. The van der Waals surface area contributed by atoms with Crippen molar-refractivity contribution in [2.75, 3.05) is 14.2 Å². The lowest BCUT2D eigenvalue weighted by Gasteiger charge is -2.12. The van der Waals surface area contributed by atoms with E-state index in [0.29, 0.717) is 0 Å². The van der Waals surface area contributed by atoms with Crippen LogP contribution in [0.4, 0.5) is 0 Å². The Labute approximate surface area is 118 Å². The van der Waals surface area contributed by atoms with E-state index >= 15 is 0 Å². The summed E-state index contributed by atoms with van der Waals surface area (Å²) in [5.41, 5.74) is 5.20. The third-order valence-electron chi connectivity index (χ3n) is 4.13. The second-order valence-corrected chi connectivity index (χ2v) is 5.05. The largest absolute Gasteiger partial charge is 0.496 e. The quantitative estimate of drug-likeness (QED) is 0.685. The molecule has 0 aliphatic heterocycles. The molecule has 104 valence electrons. The molecule has 0 radical (unpaired) electrons. The molecule has 3 aromatic rings. The molecule has 0 N–H and O–H groups in total. The second kappa shape index (κ2) is 4.44. The molecule has 3 heteroatoms. The van der Waals surface area contributed by atoms with Crippen molar-refractivity contribution in [2.45, 2.75) is 20.8 Å². The van der Waals surface area contributed by atoms with Gasteiger partial charge in [0, 0.05) is 0 Å². The molecule has 0 aliphatic rings. The predicted octanol–water partition coefficient (Wildman–Crippen LogP) is 4.53. The maximum Gasteiger partial charge on any atom is 0.142 e. The Morgan fingerprint density at radius 1 is 0.850 bits per heavy atom. The molecule has 0 saturated heterocycles. The molecule has 1 heterocycles. The molecule has 0 spiro atoms. The normalized spacial score (nSPS) is 11.2. The molecule has 1 aromatic heterocycles. The number of methoxy groups -OCH3 is 2. The molecule has 0 bridgehead atoms. The summed E-state index contributed by atoms with van der Waals surface area (Å²) >= 11 is 0. The van der Waals surface area contributed by atoms with Gasteiger partial charge in [0.15, 0.2) is 0 Å². The van der Waals surface area contributed by atoms with Crippen molar-refractivity contribution >= 4 is 21.9 Å². The van der Waals surface area contributed by atoms with Crippen LogP contribution in [0.2, 0.25) is 0 Å². The van der Waals surface area contributed by atoms with Crippen LogP contribution in [-0.4, -0.2) is 14.2 Å². The number of rotatable bonds is 2. The minimum atomic E-state index is 0.808. The van der Waals surface area contributed by atoms with Gasteiger partial charge in [-0.25, -0.2) is 0 Å². The van der Waals surface area contributed by atoms with Crippen molar-refractivity contribution < 1.29 is 13.9 Å². The van der Waals surface area contributed by atoms with E-state index in [0.717, 1.165) is 44.6 Å². The average Bonchev–Trinajstić information content (AvgIpc) is 2.85. The van der Waals surface area contributed by atoms with Gasteiger partial charge in [-0.3, -0.25) is 0 Å². The van der Waals surface area contributed by atoms with Gasteiger partial charge in [-0.1, -0.05) is 6.07 Å². The first-order valence-corrected chi connectivity index (χ1v) is 6.63. The fraction of sp³-hybridized carbons (Fsp3) is 0.294. The minimum Gasteiger partial charge on any atom is -0.496 e. The minimum absolute atomic E-state index is 0.808. The van der Waals surface area contributed by atoms with E-state index < -0.39 is 0 Å². The van der Waals surface area contributed by atoms with E-state index in [-0.39, 0.29) is 0 Å².